The second kappa shape index (κ2) is 6.81. The smallest absolute Gasteiger partial charge is 0.292 e. The van der Waals surface area contributed by atoms with E-state index in [-0.39, 0.29) is 11.5 Å². The van der Waals surface area contributed by atoms with Gasteiger partial charge in [-0.3, -0.25) is 14.9 Å². The second-order valence-electron chi connectivity index (χ2n) is 4.12. The van der Waals surface area contributed by atoms with Gasteiger partial charge in [-0.1, -0.05) is 28.1 Å². The molecule has 106 valence electrons. The third-order valence-corrected chi connectivity index (χ3v) is 3.23. The summed E-state index contributed by atoms with van der Waals surface area (Å²) >= 11 is 3.29. The van der Waals surface area contributed by atoms with Gasteiger partial charge in [-0.2, -0.15) is 0 Å². The molecule has 2 aromatic carbocycles. The molecule has 0 aliphatic carbocycles. The fourth-order valence-electron chi connectivity index (χ4n) is 1.67. The summed E-state index contributed by atoms with van der Waals surface area (Å²) in [6.45, 7) is 0. The molecule has 0 radical (unpaired) electrons. The highest BCUT2D eigenvalue weighted by atomic mass is 79.9. The summed E-state index contributed by atoms with van der Waals surface area (Å²) in [4.78, 5) is 22.3. The number of nitrogens with zero attached hydrogens (tertiary/aromatic N) is 1. The van der Waals surface area contributed by atoms with Crippen molar-refractivity contribution in [3.8, 4) is 0 Å². The fourth-order valence-corrected chi connectivity index (χ4v) is 1.94. The Hall–Kier alpha value is -2.47. The fraction of sp³-hybridized carbons (Fsp3) is 0. The summed E-state index contributed by atoms with van der Waals surface area (Å²) < 4.78 is 0.890. The van der Waals surface area contributed by atoms with Crippen LogP contribution in [0.4, 0.5) is 11.4 Å². The molecule has 2 aromatic rings. The van der Waals surface area contributed by atoms with Crippen molar-refractivity contribution in [2.75, 3.05) is 5.32 Å². The summed E-state index contributed by atoms with van der Waals surface area (Å²) in [6.07, 6.45) is 2.73. The number of carbonyl (C=O) groups is 1. The Morgan fingerprint density at radius 2 is 1.81 bits per heavy atom. The Balaban J connectivity index is 2.07. The van der Waals surface area contributed by atoms with Gasteiger partial charge in [0, 0.05) is 28.4 Å². The van der Waals surface area contributed by atoms with Crippen LogP contribution in [0.3, 0.4) is 0 Å². The van der Waals surface area contributed by atoms with Crippen LogP contribution in [0.5, 0.6) is 0 Å². The van der Waals surface area contributed by atoms with E-state index in [1.165, 1.54) is 18.3 Å². The van der Waals surface area contributed by atoms with Gasteiger partial charge >= 0.3 is 0 Å². The van der Waals surface area contributed by atoms with Crippen LogP contribution in [0.15, 0.2) is 65.3 Å². The molecule has 1 N–H and O–H groups in total. The normalized spacial score (nSPS) is 10.5. The highest BCUT2D eigenvalue weighted by molar-refractivity contribution is 9.10. The molecule has 0 aliphatic rings. The number of nitro groups is 1. The van der Waals surface area contributed by atoms with Gasteiger partial charge in [0.1, 0.15) is 5.69 Å². The van der Waals surface area contributed by atoms with Gasteiger partial charge in [-0.15, -0.1) is 0 Å². The summed E-state index contributed by atoms with van der Waals surface area (Å²) in [6, 6.07) is 13.2. The molecule has 2 rings (SSSR count). The molecule has 0 saturated heterocycles. The van der Waals surface area contributed by atoms with Crippen LogP contribution in [0.1, 0.15) is 10.4 Å². The van der Waals surface area contributed by atoms with Crippen molar-refractivity contribution < 1.29 is 9.72 Å². The van der Waals surface area contributed by atoms with Crippen molar-refractivity contribution >= 4 is 33.1 Å². The lowest BCUT2D eigenvalue weighted by atomic mass is 10.1. The zero-order valence-corrected chi connectivity index (χ0v) is 12.4. The molecule has 0 amide bonds. The minimum absolute atomic E-state index is 0.0433. The highest BCUT2D eigenvalue weighted by Crippen LogP contribution is 2.23. The predicted molar refractivity (Wildman–Crippen MR) is 84.3 cm³/mol. The maximum atomic E-state index is 11.9. The van der Waals surface area contributed by atoms with Crippen LogP contribution in [-0.2, 0) is 0 Å². The third kappa shape index (κ3) is 4.00. The molecule has 0 unspecified atom stereocenters. The first-order valence-corrected chi connectivity index (χ1v) is 6.83. The maximum absolute atomic E-state index is 11.9. The van der Waals surface area contributed by atoms with Crippen LogP contribution >= 0.6 is 15.9 Å². The average molecular weight is 347 g/mol. The summed E-state index contributed by atoms with van der Waals surface area (Å²) in [5, 5.41) is 13.6. The zero-order chi connectivity index (χ0) is 15.2. The number of anilines is 1. The SMILES string of the molecule is O=C(/C=C/Nc1ccccc1[N+](=O)[O-])c1ccc(Br)cc1. The van der Waals surface area contributed by atoms with Crippen LogP contribution < -0.4 is 5.32 Å². The van der Waals surface area contributed by atoms with Crippen LogP contribution in [-0.4, -0.2) is 10.7 Å². The lowest BCUT2D eigenvalue weighted by Gasteiger charge is -2.01. The van der Waals surface area contributed by atoms with Crippen molar-refractivity contribution in [2.45, 2.75) is 0 Å². The average Bonchev–Trinajstić information content (AvgIpc) is 2.48. The van der Waals surface area contributed by atoms with E-state index in [1.807, 2.05) is 0 Å². The topological polar surface area (TPSA) is 72.2 Å². The molecule has 6 heteroatoms. The highest BCUT2D eigenvalue weighted by Gasteiger charge is 2.10. The van der Waals surface area contributed by atoms with Crippen molar-refractivity contribution in [3.05, 3.63) is 81.0 Å². The maximum Gasteiger partial charge on any atom is 0.292 e. The molecule has 0 bridgehead atoms. The number of halogens is 1. The van der Waals surface area contributed by atoms with Gasteiger partial charge in [-0.25, -0.2) is 0 Å². The number of ketones is 1. The Morgan fingerprint density at radius 1 is 1.14 bits per heavy atom. The number of nitrogens with one attached hydrogen (secondary N) is 1. The molecule has 21 heavy (non-hydrogen) atoms. The monoisotopic (exact) mass is 346 g/mol. The molecule has 0 fully saturated rings. The van der Waals surface area contributed by atoms with Gasteiger partial charge in [0.05, 0.1) is 4.92 Å². The number of hydrogen-bond donors (Lipinski definition) is 1. The van der Waals surface area contributed by atoms with E-state index in [4.69, 9.17) is 0 Å². The van der Waals surface area contributed by atoms with Crippen LogP contribution in [0.25, 0.3) is 0 Å². The molecule has 0 spiro atoms. The summed E-state index contributed by atoms with van der Waals surface area (Å²) in [5.74, 6) is -0.186. The molecule has 5 nitrogen and oxygen atoms in total. The van der Waals surface area contributed by atoms with Crippen molar-refractivity contribution in [2.24, 2.45) is 0 Å². The van der Waals surface area contributed by atoms with Gasteiger partial charge in [0.15, 0.2) is 5.78 Å². The minimum atomic E-state index is -0.479. The quantitative estimate of drug-likeness (QED) is 0.381. The van der Waals surface area contributed by atoms with Crippen molar-refractivity contribution in [3.63, 3.8) is 0 Å². The van der Waals surface area contributed by atoms with E-state index >= 15 is 0 Å². The zero-order valence-electron chi connectivity index (χ0n) is 10.8. The van der Waals surface area contributed by atoms with E-state index in [0.717, 1.165) is 4.47 Å². The first-order chi connectivity index (χ1) is 10.1. The molecule has 0 aliphatic heterocycles. The van der Waals surface area contributed by atoms with Gasteiger partial charge < -0.3 is 5.32 Å². The summed E-state index contributed by atoms with van der Waals surface area (Å²) in [5.41, 5.74) is 0.833. The van der Waals surface area contributed by atoms with E-state index in [0.29, 0.717) is 11.3 Å². The van der Waals surface area contributed by atoms with E-state index < -0.39 is 4.92 Å². The van der Waals surface area contributed by atoms with Crippen molar-refractivity contribution in [1.29, 1.82) is 0 Å². The molecular weight excluding hydrogens is 336 g/mol. The number of allylic oxidation sites excluding steroid dienone is 1. The molecule has 0 aromatic heterocycles. The van der Waals surface area contributed by atoms with E-state index in [1.54, 1.807) is 42.5 Å². The van der Waals surface area contributed by atoms with Crippen molar-refractivity contribution in [1.82, 2.24) is 0 Å². The number of nitro benzene ring substituents is 1. The van der Waals surface area contributed by atoms with Gasteiger partial charge in [0.25, 0.3) is 5.69 Å². The number of rotatable bonds is 5. The lowest BCUT2D eigenvalue weighted by molar-refractivity contribution is -0.383. The standard InChI is InChI=1S/C15H11BrN2O3/c16-12-7-5-11(6-8-12)15(19)9-10-17-13-3-1-2-4-14(13)18(20)21/h1-10,17H/b10-9+. The third-order valence-electron chi connectivity index (χ3n) is 2.70. The molecule has 0 atom stereocenters. The Labute approximate surface area is 129 Å². The Morgan fingerprint density at radius 3 is 2.48 bits per heavy atom. The first-order valence-electron chi connectivity index (χ1n) is 6.04. The van der Waals surface area contributed by atoms with Crippen LogP contribution in [0, 0.1) is 10.1 Å². The largest absolute Gasteiger partial charge is 0.356 e. The number of benzene rings is 2. The van der Waals surface area contributed by atoms with E-state index in [2.05, 4.69) is 21.2 Å². The predicted octanol–water partition coefficient (Wildman–Crippen LogP) is 4.17. The lowest BCUT2D eigenvalue weighted by Crippen LogP contribution is -1.98. The molecule has 0 saturated carbocycles. The molecule has 0 heterocycles. The summed E-state index contributed by atoms with van der Waals surface area (Å²) in [7, 11) is 0. The van der Waals surface area contributed by atoms with Gasteiger partial charge in [-0.05, 0) is 30.3 Å². The molecular formula is C15H11BrN2O3. The number of para-hydroxylation sites is 2. The van der Waals surface area contributed by atoms with Gasteiger partial charge in [0.2, 0.25) is 0 Å². The number of hydrogen-bond acceptors (Lipinski definition) is 4. The Bertz CT molecular complexity index is 696. The van der Waals surface area contributed by atoms with E-state index in [9.17, 15) is 14.9 Å². The Kier molecular flexibility index (Phi) is 4.84. The van der Waals surface area contributed by atoms with Crippen LogP contribution in [0.2, 0.25) is 0 Å². The minimum Gasteiger partial charge on any atom is -0.356 e. The number of carbonyl (C=O) groups excluding carboxylic acids is 1. The second-order valence-corrected chi connectivity index (χ2v) is 5.04. The first kappa shape index (κ1) is 14.9.